The van der Waals surface area contributed by atoms with Crippen molar-refractivity contribution in [2.24, 2.45) is 5.41 Å². The third-order valence-electron chi connectivity index (χ3n) is 6.08. The van der Waals surface area contributed by atoms with E-state index in [9.17, 15) is 0 Å². The summed E-state index contributed by atoms with van der Waals surface area (Å²) < 4.78 is 2.39. The van der Waals surface area contributed by atoms with E-state index < -0.39 is 0 Å². The number of pyridine rings is 1. The second kappa shape index (κ2) is 6.58. The number of aromatic nitrogens is 2. The highest BCUT2D eigenvalue weighted by molar-refractivity contribution is 6.07. The van der Waals surface area contributed by atoms with Gasteiger partial charge < -0.3 is 4.57 Å². The molecular formula is C22H30N2. The average Bonchev–Trinajstić information content (AvgIpc) is 2.94. The van der Waals surface area contributed by atoms with Crippen LogP contribution < -0.4 is 0 Å². The van der Waals surface area contributed by atoms with Gasteiger partial charge in [-0.2, -0.15) is 0 Å². The minimum Gasteiger partial charge on any atom is -0.341 e. The Morgan fingerprint density at radius 3 is 2.42 bits per heavy atom. The molecule has 1 aromatic carbocycles. The molecule has 24 heavy (non-hydrogen) atoms. The predicted molar refractivity (Wildman–Crippen MR) is 105 cm³/mol. The van der Waals surface area contributed by atoms with Gasteiger partial charge in [-0.05, 0) is 48.4 Å². The molecule has 0 bridgehead atoms. The summed E-state index contributed by atoms with van der Waals surface area (Å²) in [6, 6.07) is 9.17. The van der Waals surface area contributed by atoms with Crippen LogP contribution in [0.5, 0.6) is 0 Å². The largest absolute Gasteiger partial charge is 0.341 e. The predicted octanol–water partition coefficient (Wildman–Crippen LogP) is 6.53. The number of hydrogen-bond donors (Lipinski definition) is 0. The van der Waals surface area contributed by atoms with Crippen LogP contribution in [0.1, 0.15) is 65.4 Å². The highest BCUT2D eigenvalue weighted by atomic mass is 15.0. The summed E-state index contributed by atoms with van der Waals surface area (Å²) in [4.78, 5) is 4.36. The van der Waals surface area contributed by atoms with Gasteiger partial charge in [-0.15, -0.1) is 0 Å². The first-order valence-electron chi connectivity index (χ1n) is 9.38. The van der Waals surface area contributed by atoms with E-state index in [-0.39, 0.29) is 0 Å². The topological polar surface area (TPSA) is 17.8 Å². The van der Waals surface area contributed by atoms with Crippen LogP contribution >= 0.6 is 0 Å². The molecule has 2 nitrogen and oxygen atoms in total. The molecule has 0 saturated heterocycles. The van der Waals surface area contributed by atoms with Crippen molar-refractivity contribution in [1.82, 2.24) is 9.55 Å². The zero-order chi connectivity index (χ0) is 17.3. The zero-order valence-electron chi connectivity index (χ0n) is 15.8. The molecule has 0 N–H and O–H groups in total. The van der Waals surface area contributed by atoms with Crippen molar-refractivity contribution >= 4 is 21.8 Å². The molecule has 0 aliphatic heterocycles. The van der Waals surface area contributed by atoms with Crippen molar-refractivity contribution in [3.8, 4) is 0 Å². The van der Waals surface area contributed by atoms with Crippen molar-refractivity contribution in [1.29, 1.82) is 0 Å². The molecule has 0 aliphatic carbocycles. The van der Waals surface area contributed by atoms with E-state index in [1.807, 2.05) is 12.4 Å². The third kappa shape index (κ3) is 2.83. The zero-order valence-corrected chi connectivity index (χ0v) is 15.8. The SMILES string of the molecule is CCn1c2ccncc2c2cc(C(C)CC(C)(CC)CC)ccc21. The molecule has 0 radical (unpaired) electrons. The van der Waals surface area contributed by atoms with Crippen LogP contribution in [-0.2, 0) is 6.54 Å². The van der Waals surface area contributed by atoms with Crippen LogP contribution in [0.2, 0.25) is 0 Å². The normalized spacial score (nSPS) is 13.7. The number of aryl methyl sites for hydroxylation is 1. The fourth-order valence-electron chi connectivity index (χ4n) is 4.01. The van der Waals surface area contributed by atoms with E-state index in [0.29, 0.717) is 11.3 Å². The minimum atomic E-state index is 0.438. The summed E-state index contributed by atoms with van der Waals surface area (Å²) in [7, 11) is 0. The maximum atomic E-state index is 4.36. The van der Waals surface area contributed by atoms with Crippen molar-refractivity contribution in [3.05, 3.63) is 42.2 Å². The van der Waals surface area contributed by atoms with Gasteiger partial charge in [0.1, 0.15) is 0 Å². The second-order valence-electron chi connectivity index (χ2n) is 7.54. The van der Waals surface area contributed by atoms with Gasteiger partial charge in [-0.3, -0.25) is 4.98 Å². The van der Waals surface area contributed by atoms with Crippen LogP contribution in [0.25, 0.3) is 21.8 Å². The Balaban J connectivity index is 2.07. The number of benzene rings is 1. The van der Waals surface area contributed by atoms with Gasteiger partial charge in [0, 0.05) is 35.2 Å². The van der Waals surface area contributed by atoms with E-state index >= 15 is 0 Å². The first-order valence-corrected chi connectivity index (χ1v) is 9.38. The molecule has 1 atom stereocenters. The Labute approximate surface area is 145 Å². The molecule has 0 spiro atoms. The highest BCUT2D eigenvalue weighted by Gasteiger charge is 2.23. The quantitative estimate of drug-likeness (QED) is 0.504. The summed E-state index contributed by atoms with van der Waals surface area (Å²) in [6.07, 6.45) is 7.64. The molecule has 0 aliphatic rings. The van der Waals surface area contributed by atoms with Crippen LogP contribution in [0, 0.1) is 5.41 Å². The second-order valence-corrected chi connectivity index (χ2v) is 7.54. The van der Waals surface area contributed by atoms with Gasteiger partial charge in [0.2, 0.25) is 0 Å². The Hall–Kier alpha value is -1.83. The average molecular weight is 322 g/mol. The minimum absolute atomic E-state index is 0.438. The lowest BCUT2D eigenvalue weighted by Crippen LogP contribution is -2.17. The molecule has 1 unspecified atom stereocenters. The lowest BCUT2D eigenvalue weighted by Gasteiger charge is -2.30. The van der Waals surface area contributed by atoms with Crippen LogP contribution in [0.3, 0.4) is 0 Å². The molecule has 0 saturated carbocycles. The van der Waals surface area contributed by atoms with Gasteiger partial charge in [-0.1, -0.05) is 46.6 Å². The van der Waals surface area contributed by atoms with E-state index in [4.69, 9.17) is 0 Å². The van der Waals surface area contributed by atoms with Crippen LogP contribution in [0.15, 0.2) is 36.7 Å². The maximum Gasteiger partial charge on any atom is 0.0522 e. The Bertz CT molecular complexity index is 840. The summed E-state index contributed by atoms with van der Waals surface area (Å²) in [5, 5.41) is 2.62. The van der Waals surface area contributed by atoms with Gasteiger partial charge in [0.15, 0.2) is 0 Å². The molecule has 3 aromatic rings. The van der Waals surface area contributed by atoms with E-state index in [1.54, 1.807) is 0 Å². The fourth-order valence-corrected chi connectivity index (χ4v) is 4.01. The maximum absolute atomic E-state index is 4.36. The molecule has 2 heterocycles. The van der Waals surface area contributed by atoms with Gasteiger partial charge in [0.25, 0.3) is 0 Å². The summed E-state index contributed by atoms with van der Waals surface area (Å²) in [6.45, 7) is 12.6. The van der Waals surface area contributed by atoms with E-state index in [2.05, 4.69) is 68.4 Å². The van der Waals surface area contributed by atoms with Crippen molar-refractivity contribution in [3.63, 3.8) is 0 Å². The highest BCUT2D eigenvalue weighted by Crippen LogP contribution is 2.38. The lowest BCUT2D eigenvalue weighted by atomic mass is 9.75. The fraction of sp³-hybridized carbons (Fsp3) is 0.500. The Morgan fingerprint density at radius 2 is 1.75 bits per heavy atom. The summed E-state index contributed by atoms with van der Waals surface area (Å²) in [5.41, 5.74) is 4.51. The van der Waals surface area contributed by atoms with E-state index in [1.165, 1.54) is 46.6 Å². The number of nitrogens with zero attached hydrogens (tertiary/aromatic N) is 2. The van der Waals surface area contributed by atoms with Gasteiger partial charge in [-0.25, -0.2) is 0 Å². The van der Waals surface area contributed by atoms with E-state index in [0.717, 1.165) is 6.54 Å². The number of rotatable bonds is 6. The first-order chi connectivity index (χ1) is 11.5. The summed E-state index contributed by atoms with van der Waals surface area (Å²) >= 11 is 0. The molecule has 3 rings (SSSR count). The third-order valence-corrected chi connectivity index (χ3v) is 6.08. The lowest BCUT2D eigenvalue weighted by molar-refractivity contribution is 0.255. The molecule has 2 heteroatoms. The number of hydrogen-bond acceptors (Lipinski definition) is 1. The van der Waals surface area contributed by atoms with Crippen LogP contribution in [-0.4, -0.2) is 9.55 Å². The monoisotopic (exact) mass is 322 g/mol. The first kappa shape index (κ1) is 17.0. The smallest absolute Gasteiger partial charge is 0.0522 e. The summed E-state index contributed by atoms with van der Waals surface area (Å²) in [5.74, 6) is 0.580. The van der Waals surface area contributed by atoms with Crippen LogP contribution in [0.4, 0.5) is 0 Å². The Morgan fingerprint density at radius 1 is 1.04 bits per heavy atom. The number of fused-ring (bicyclic) bond motifs is 3. The van der Waals surface area contributed by atoms with Crippen molar-refractivity contribution in [2.45, 2.75) is 66.3 Å². The Kier molecular flexibility index (Phi) is 4.67. The standard InChI is InChI=1S/C22H30N2/c1-6-22(5,7-2)14-16(4)17-9-10-20-18(13-17)19-15-23-12-11-21(19)24(20)8-3/h9-13,15-16H,6-8,14H2,1-5H3. The van der Waals surface area contributed by atoms with Crippen molar-refractivity contribution in [2.75, 3.05) is 0 Å². The van der Waals surface area contributed by atoms with Gasteiger partial charge in [0.05, 0.1) is 5.52 Å². The molecule has 0 fully saturated rings. The molecular weight excluding hydrogens is 292 g/mol. The molecule has 128 valence electrons. The van der Waals surface area contributed by atoms with Gasteiger partial charge >= 0.3 is 0 Å². The van der Waals surface area contributed by atoms with Crippen molar-refractivity contribution < 1.29 is 0 Å². The molecule has 2 aromatic heterocycles. The molecule has 0 amide bonds.